The number of aromatic nitrogens is 17. The van der Waals surface area contributed by atoms with Crippen molar-refractivity contribution in [2.45, 2.75) is 95.1 Å². The Hall–Kier alpha value is -14.4. The van der Waals surface area contributed by atoms with Crippen LogP contribution in [-0.4, -0.2) is 260 Å². The molecule has 1 atom stereocenters. The van der Waals surface area contributed by atoms with Gasteiger partial charge in [-0.25, -0.2) is 54.8 Å². The predicted octanol–water partition coefficient (Wildman–Crippen LogP) is 11.3. The van der Waals surface area contributed by atoms with Crippen LogP contribution in [-0.2, 0) is 46.1 Å². The van der Waals surface area contributed by atoms with Gasteiger partial charge in [0.15, 0.2) is 5.78 Å². The SMILES string of the molecule is Nc1ccc(-c2cc(C3CCc4ccccc4C3)nc(N3CCOCC3)n2)cn1.Nc1ccc(-c2cc(N3CCCC(=O)C3)nc(N3CCOCC3)n2)cn1.Nc1ccc(-c2cc(NC3CCCCC3)nc(N3CCOCC3)n2)cn1.Nc1ccc(-c2cc(NC3CCOCC3)nc(N3CCOCC3)n2)cn1.Nc1ccc(-c2cc(Nc3ccc4nccnc4c3)nc(N3CCOCC3)n2)cn1. The fourth-order valence-electron chi connectivity index (χ4n) is 17.5. The van der Waals surface area contributed by atoms with Gasteiger partial charge in [-0.1, -0.05) is 43.5 Å². The highest BCUT2D eigenvalue weighted by molar-refractivity contribution is 5.85. The Kier molecular flexibility index (Phi) is 31.0. The molecular weight excluding hydrogens is 1740 g/mol. The van der Waals surface area contributed by atoms with Crippen LogP contribution in [0.5, 0.6) is 0 Å². The summed E-state index contributed by atoms with van der Waals surface area (Å²) in [4.78, 5) is 102. The highest BCUT2D eigenvalue weighted by Gasteiger charge is 2.29. The molecular formula is C99H117N31O7. The Bertz CT molecular complexity index is 6000. The summed E-state index contributed by atoms with van der Waals surface area (Å²) < 4.78 is 32.8. The van der Waals surface area contributed by atoms with Crippen LogP contribution in [0.3, 0.4) is 0 Å². The molecule has 710 valence electrons. The molecule has 2 aromatic carbocycles. The summed E-state index contributed by atoms with van der Waals surface area (Å²) in [5.74, 6) is 9.86. The van der Waals surface area contributed by atoms with E-state index in [0.29, 0.717) is 144 Å². The van der Waals surface area contributed by atoms with Gasteiger partial charge < -0.3 is 102 Å². The number of carbonyl (C=O) groups is 1. The molecule has 18 heterocycles. The second kappa shape index (κ2) is 45.7. The molecule has 0 spiro atoms. The first-order valence-corrected chi connectivity index (χ1v) is 47.4. The van der Waals surface area contributed by atoms with E-state index in [9.17, 15) is 4.79 Å². The van der Waals surface area contributed by atoms with Gasteiger partial charge in [0.05, 0.1) is 118 Å². The largest absolute Gasteiger partial charge is 0.384 e. The first-order valence-electron chi connectivity index (χ1n) is 47.4. The summed E-state index contributed by atoms with van der Waals surface area (Å²) in [6.45, 7) is 17.5. The second-order valence-corrected chi connectivity index (χ2v) is 34.7. The summed E-state index contributed by atoms with van der Waals surface area (Å²) in [6, 6.07) is 44.0. The van der Waals surface area contributed by atoms with E-state index in [2.05, 4.69) is 106 Å². The zero-order valence-electron chi connectivity index (χ0n) is 77.0. The van der Waals surface area contributed by atoms with Crippen molar-refractivity contribution in [1.82, 2.24) is 84.7 Å². The minimum atomic E-state index is 0.249. The van der Waals surface area contributed by atoms with E-state index >= 15 is 0 Å². The van der Waals surface area contributed by atoms with E-state index in [1.165, 1.54) is 43.2 Å². The number of anilines is 15. The van der Waals surface area contributed by atoms with Crippen molar-refractivity contribution in [1.29, 1.82) is 0 Å². The molecule has 0 amide bonds. The number of nitrogen functional groups attached to an aromatic ring is 5. The molecule has 1 unspecified atom stereocenters. The van der Waals surface area contributed by atoms with Gasteiger partial charge in [-0.05, 0) is 147 Å². The quantitative estimate of drug-likeness (QED) is 0.0395. The molecule has 38 nitrogen and oxygen atoms in total. The highest BCUT2D eigenvalue weighted by Crippen LogP contribution is 2.37. The fourth-order valence-corrected chi connectivity index (χ4v) is 17.5. The standard InChI is InChI=1S/C23H25N5O.C21H20N8O.C19H26N6O.C18H24N6O2.C18H22N6O2/c24-22-8-7-19(15-25-22)21-14-20(26-23(27-21)28-9-11-29-12-10-28)18-6-5-16-3-1-2-4-17(16)13-18;22-19-4-1-14(13-25-19)17-12-20(28-21(27-17)29-7-9-30-10-8-29)26-15-2-3-16-18(11-15)24-6-5-23-16;20-17-7-6-14(13-21-17)16-12-18(22-15-4-2-1-3-5-15)24-19(23-16)25-8-10-26-11-9-25;19-16-2-1-13(12-20-16)15-11-17(21-14-3-7-25-8-4-14)23-18(22-15)24-5-9-26-10-6-24;19-16-4-3-13(11-20-16)15-10-17(24-5-1-2-14(25)12-24)22-18(21-15)23-6-8-26-9-7-23/h1-4,7-8,14-15,18H,5-6,9-13H2,(H2,24,25);1-6,11-13H,7-10H2,(H2,22,25)(H,26,27,28);6-7,12-13,15H,1-5,8-11H2,(H2,20,21)(H,22,23,24);1-2,11-12,14H,3-10H2,(H2,19,20)(H,21,22,23);3-4,10-11H,1-2,5-9,12H2,(H2,19,20). The number of ketones is 1. The van der Waals surface area contributed by atoms with Crippen molar-refractivity contribution in [3.63, 3.8) is 0 Å². The summed E-state index contributed by atoms with van der Waals surface area (Å²) in [7, 11) is 0. The number of hydrogen-bond acceptors (Lipinski definition) is 38. The van der Waals surface area contributed by atoms with Crippen LogP contribution in [0, 0.1) is 0 Å². The van der Waals surface area contributed by atoms with Crippen LogP contribution in [0.15, 0.2) is 177 Å². The van der Waals surface area contributed by atoms with Crippen LogP contribution in [0.1, 0.15) is 86.9 Å². The fraction of sp³-hybridized carbons (Fsp3) is 0.394. The molecule has 137 heavy (non-hydrogen) atoms. The number of morpholine rings is 5. The van der Waals surface area contributed by atoms with E-state index in [4.69, 9.17) is 107 Å². The Balaban J connectivity index is 0.000000114. The van der Waals surface area contributed by atoms with Gasteiger partial charge in [-0.15, -0.1) is 0 Å². The van der Waals surface area contributed by atoms with Gasteiger partial charge >= 0.3 is 0 Å². The van der Waals surface area contributed by atoms with Gasteiger partial charge in [0.25, 0.3) is 0 Å². The van der Waals surface area contributed by atoms with Crippen molar-refractivity contribution in [2.24, 2.45) is 0 Å². The smallest absolute Gasteiger partial charge is 0.228 e. The van der Waals surface area contributed by atoms with Crippen molar-refractivity contribution in [2.75, 3.05) is 232 Å². The zero-order valence-corrected chi connectivity index (χ0v) is 77.0. The first-order chi connectivity index (χ1) is 67.2. The summed E-state index contributed by atoms with van der Waals surface area (Å²) in [5, 5.41) is 10.6. The number of piperidine rings is 1. The highest BCUT2D eigenvalue weighted by atomic mass is 16.5. The van der Waals surface area contributed by atoms with E-state index < -0.39 is 0 Å². The molecule has 7 aliphatic heterocycles. The van der Waals surface area contributed by atoms with Crippen LogP contribution >= 0.6 is 0 Å². The van der Waals surface area contributed by atoms with Crippen molar-refractivity contribution in [3.05, 3.63) is 194 Å². The third-order valence-corrected chi connectivity index (χ3v) is 25.1. The number of fused-ring (bicyclic) bond motifs is 2. The van der Waals surface area contributed by atoms with Gasteiger partial charge in [0, 0.05) is 211 Å². The average molecular weight is 1850 g/mol. The zero-order chi connectivity index (χ0) is 93.4. The van der Waals surface area contributed by atoms with Gasteiger partial charge in [0.2, 0.25) is 29.7 Å². The van der Waals surface area contributed by atoms with Crippen molar-refractivity contribution in [3.8, 4) is 56.3 Å². The van der Waals surface area contributed by atoms with E-state index in [1.807, 2.05) is 83.8 Å². The number of nitrogens with zero attached hydrogens (tertiary/aromatic N) is 23. The predicted molar refractivity (Wildman–Crippen MR) is 532 cm³/mol. The van der Waals surface area contributed by atoms with E-state index in [-0.39, 0.29) is 5.78 Å². The lowest BCUT2D eigenvalue weighted by Crippen LogP contribution is -2.39. The molecule has 13 N–H and O–H groups in total. The number of nitrogens with one attached hydrogen (secondary N) is 3. The monoisotopic (exact) mass is 1850 g/mol. The number of benzene rings is 2. The van der Waals surface area contributed by atoms with Crippen LogP contribution in [0.2, 0.25) is 0 Å². The minimum Gasteiger partial charge on any atom is -0.384 e. The van der Waals surface area contributed by atoms with E-state index in [1.54, 1.807) is 67.6 Å². The van der Waals surface area contributed by atoms with Crippen molar-refractivity contribution < 1.29 is 33.2 Å². The molecule has 2 aliphatic carbocycles. The summed E-state index contributed by atoms with van der Waals surface area (Å²) in [6.07, 6.45) is 25.1. The molecule has 8 fully saturated rings. The lowest BCUT2D eigenvalue weighted by molar-refractivity contribution is -0.118. The molecule has 7 saturated heterocycles. The number of nitrogens with two attached hydrogens (primary N) is 5. The van der Waals surface area contributed by atoms with Gasteiger partial charge in [-0.2, -0.15) is 19.9 Å². The molecule has 13 aromatic rings. The minimum absolute atomic E-state index is 0.249. The number of aryl methyl sites for hydroxylation is 1. The molecule has 38 heteroatoms. The third kappa shape index (κ3) is 25.4. The first kappa shape index (κ1) is 93.0. The lowest BCUT2D eigenvalue weighted by Gasteiger charge is -2.30. The topological polar surface area (TPSA) is 477 Å². The normalized spacial score (nSPS) is 17.7. The Labute approximate surface area is 795 Å². The summed E-state index contributed by atoms with van der Waals surface area (Å²) in [5.41, 5.74) is 43.9. The average Bonchev–Trinajstić information content (AvgIpc) is 0.813. The van der Waals surface area contributed by atoms with Crippen LogP contribution < -0.4 is 74.0 Å². The van der Waals surface area contributed by atoms with Crippen LogP contribution in [0.4, 0.5) is 87.8 Å². The number of ether oxygens (including phenoxy) is 6. The maximum Gasteiger partial charge on any atom is 0.228 e. The molecule has 0 radical (unpaired) electrons. The van der Waals surface area contributed by atoms with Gasteiger partial charge in [-0.3, -0.25) is 14.8 Å². The Morgan fingerprint density at radius 2 is 0.701 bits per heavy atom. The maximum absolute atomic E-state index is 11.9. The van der Waals surface area contributed by atoms with Gasteiger partial charge in [0.1, 0.15) is 52.4 Å². The number of hydrogen-bond donors (Lipinski definition) is 8. The van der Waals surface area contributed by atoms with E-state index in [0.717, 1.165) is 238 Å². The Morgan fingerprint density at radius 1 is 0.314 bits per heavy atom. The third-order valence-electron chi connectivity index (χ3n) is 25.1. The second-order valence-electron chi connectivity index (χ2n) is 34.7. The molecule has 1 saturated carbocycles. The molecule has 22 rings (SSSR count). The summed E-state index contributed by atoms with van der Waals surface area (Å²) >= 11 is 0. The number of rotatable bonds is 18. The Morgan fingerprint density at radius 3 is 1.14 bits per heavy atom. The molecule has 9 aliphatic rings. The molecule has 0 bridgehead atoms. The lowest BCUT2D eigenvalue weighted by atomic mass is 9.82. The van der Waals surface area contributed by atoms with Crippen molar-refractivity contribution >= 4 is 105 Å². The number of pyridine rings is 5. The number of Topliss-reactive ketones (excluding diaryl/α,β-unsaturated/α-hetero) is 1. The number of carbonyl (C=O) groups excluding carboxylic acids is 1. The molecule has 11 aromatic heterocycles. The maximum atomic E-state index is 11.9. The van der Waals surface area contributed by atoms with Crippen LogP contribution in [0.25, 0.3) is 67.3 Å².